The molecule has 2 rings (SSSR count). The summed E-state index contributed by atoms with van der Waals surface area (Å²) in [5, 5.41) is 11.7. The smallest absolute Gasteiger partial charge is 0.166 e. The van der Waals surface area contributed by atoms with E-state index in [1.165, 1.54) is 0 Å². The van der Waals surface area contributed by atoms with Crippen molar-refractivity contribution in [1.29, 1.82) is 0 Å². The predicted molar refractivity (Wildman–Crippen MR) is 108 cm³/mol. The minimum Gasteiger partial charge on any atom is -0.493 e. The van der Waals surface area contributed by atoms with Gasteiger partial charge in [0.15, 0.2) is 16.6 Å². The van der Waals surface area contributed by atoms with Gasteiger partial charge in [0.05, 0.1) is 26.0 Å². The molecule has 7 heteroatoms. The standard InChI is InChI=1S/C19H28N4O2S/c1-6-23-12-16(14(3)22-23)13(2)21-19(26)20-10-9-15-7-8-17(24-4)18(11-15)25-5/h7-8,11-13H,6,9-10H2,1-5H3,(H2,20,21,26). The number of ether oxygens (including phenoxy) is 2. The molecule has 0 bridgehead atoms. The average molecular weight is 377 g/mol. The number of hydrogen-bond donors (Lipinski definition) is 2. The van der Waals surface area contributed by atoms with Crippen molar-refractivity contribution in [3.8, 4) is 11.5 Å². The lowest BCUT2D eigenvalue weighted by Gasteiger charge is -2.17. The highest BCUT2D eigenvalue weighted by molar-refractivity contribution is 7.80. The Morgan fingerprint density at radius 1 is 1.27 bits per heavy atom. The van der Waals surface area contributed by atoms with E-state index in [0.717, 1.165) is 47.8 Å². The Hall–Kier alpha value is -2.28. The number of hydrogen-bond acceptors (Lipinski definition) is 4. The molecule has 0 saturated heterocycles. The van der Waals surface area contributed by atoms with Crippen LogP contribution in [0.1, 0.15) is 36.7 Å². The average Bonchev–Trinajstić information content (AvgIpc) is 3.02. The van der Waals surface area contributed by atoms with Crippen molar-refractivity contribution < 1.29 is 9.47 Å². The molecule has 0 spiro atoms. The first-order valence-electron chi connectivity index (χ1n) is 8.77. The van der Waals surface area contributed by atoms with Crippen molar-refractivity contribution in [1.82, 2.24) is 20.4 Å². The van der Waals surface area contributed by atoms with Crippen LogP contribution in [0, 0.1) is 6.92 Å². The van der Waals surface area contributed by atoms with Crippen LogP contribution in [0.4, 0.5) is 0 Å². The molecule has 0 aliphatic rings. The third-order valence-corrected chi connectivity index (χ3v) is 4.53. The van der Waals surface area contributed by atoms with Crippen molar-refractivity contribution in [2.75, 3.05) is 20.8 Å². The minimum atomic E-state index is 0.108. The number of rotatable bonds is 8. The molecule has 0 radical (unpaired) electrons. The third kappa shape index (κ3) is 5.11. The fourth-order valence-corrected chi connectivity index (χ4v) is 3.08. The summed E-state index contributed by atoms with van der Waals surface area (Å²) in [5.74, 6) is 1.47. The fraction of sp³-hybridized carbons (Fsp3) is 0.474. The molecule has 1 aromatic carbocycles. The van der Waals surface area contributed by atoms with Gasteiger partial charge in [-0.2, -0.15) is 5.10 Å². The van der Waals surface area contributed by atoms with E-state index >= 15 is 0 Å². The van der Waals surface area contributed by atoms with Gasteiger partial charge in [0, 0.05) is 24.8 Å². The Morgan fingerprint density at radius 2 is 2.00 bits per heavy atom. The lowest BCUT2D eigenvalue weighted by molar-refractivity contribution is 0.354. The zero-order valence-electron chi connectivity index (χ0n) is 16.1. The monoisotopic (exact) mass is 376 g/mol. The van der Waals surface area contributed by atoms with Crippen LogP contribution in [-0.4, -0.2) is 35.7 Å². The van der Waals surface area contributed by atoms with E-state index in [4.69, 9.17) is 21.7 Å². The van der Waals surface area contributed by atoms with E-state index in [-0.39, 0.29) is 6.04 Å². The largest absolute Gasteiger partial charge is 0.493 e. The number of nitrogens with zero attached hydrogens (tertiary/aromatic N) is 2. The Labute approximate surface area is 160 Å². The molecular formula is C19H28N4O2S. The van der Waals surface area contributed by atoms with Gasteiger partial charge in [0.25, 0.3) is 0 Å². The highest BCUT2D eigenvalue weighted by Crippen LogP contribution is 2.27. The van der Waals surface area contributed by atoms with Gasteiger partial charge in [0.1, 0.15) is 0 Å². The van der Waals surface area contributed by atoms with Gasteiger partial charge in [-0.25, -0.2) is 0 Å². The van der Waals surface area contributed by atoms with Crippen molar-refractivity contribution in [2.45, 2.75) is 39.8 Å². The van der Waals surface area contributed by atoms with Gasteiger partial charge in [-0.05, 0) is 57.1 Å². The first kappa shape index (κ1) is 20.0. The Balaban J connectivity index is 1.84. The predicted octanol–water partition coefficient (Wildman–Crippen LogP) is 3.00. The van der Waals surface area contributed by atoms with E-state index in [0.29, 0.717) is 5.11 Å². The van der Waals surface area contributed by atoms with Crippen LogP contribution >= 0.6 is 12.2 Å². The van der Waals surface area contributed by atoms with E-state index in [1.807, 2.05) is 29.8 Å². The number of aryl methyl sites for hydroxylation is 2. The van der Waals surface area contributed by atoms with E-state index in [2.05, 4.69) is 35.8 Å². The molecule has 0 aliphatic heterocycles. The van der Waals surface area contributed by atoms with E-state index in [9.17, 15) is 0 Å². The second-order valence-electron chi connectivity index (χ2n) is 6.09. The van der Waals surface area contributed by atoms with Crippen molar-refractivity contribution >= 4 is 17.3 Å². The lowest BCUT2D eigenvalue weighted by Crippen LogP contribution is -2.37. The van der Waals surface area contributed by atoms with Gasteiger partial charge in [-0.1, -0.05) is 6.07 Å². The summed E-state index contributed by atoms with van der Waals surface area (Å²) in [5.41, 5.74) is 3.35. The maximum absolute atomic E-state index is 5.42. The van der Waals surface area contributed by atoms with E-state index in [1.54, 1.807) is 14.2 Å². The van der Waals surface area contributed by atoms with Crippen LogP contribution in [0.5, 0.6) is 11.5 Å². The molecule has 2 N–H and O–H groups in total. The maximum Gasteiger partial charge on any atom is 0.166 e. The van der Waals surface area contributed by atoms with Gasteiger partial charge < -0.3 is 20.1 Å². The van der Waals surface area contributed by atoms with E-state index < -0.39 is 0 Å². The highest BCUT2D eigenvalue weighted by atomic mass is 32.1. The maximum atomic E-state index is 5.42. The third-order valence-electron chi connectivity index (χ3n) is 4.27. The summed E-state index contributed by atoms with van der Waals surface area (Å²) >= 11 is 5.42. The first-order chi connectivity index (χ1) is 12.5. The number of nitrogens with one attached hydrogen (secondary N) is 2. The molecule has 1 heterocycles. The second-order valence-corrected chi connectivity index (χ2v) is 6.50. The summed E-state index contributed by atoms with van der Waals surface area (Å²) in [6.07, 6.45) is 2.91. The van der Waals surface area contributed by atoms with Crippen LogP contribution < -0.4 is 20.1 Å². The molecule has 26 heavy (non-hydrogen) atoms. The summed E-state index contributed by atoms with van der Waals surface area (Å²) < 4.78 is 12.5. The van der Waals surface area contributed by atoms with Crippen LogP contribution in [-0.2, 0) is 13.0 Å². The molecule has 1 unspecified atom stereocenters. The van der Waals surface area contributed by atoms with Crippen LogP contribution in [0.15, 0.2) is 24.4 Å². The lowest BCUT2D eigenvalue weighted by atomic mass is 10.1. The van der Waals surface area contributed by atoms with Gasteiger partial charge in [-0.3, -0.25) is 4.68 Å². The number of methoxy groups -OCH3 is 2. The van der Waals surface area contributed by atoms with Crippen molar-refractivity contribution in [3.63, 3.8) is 0 Å². The normalized spacial score (nSPS) is 11.7. The van der Waals surface area contributed by atoms with Gasteiger partial charge in [-0.15, -0.1) is 0 Å². The molecule has 2 aromatic rings. The van der Waals surface area contributed by atoms with Crippen molar-refractivity contribution in [2.24, 2.45) is 0 Å². The van der Waals surface area contributed by atoms with Crippen LogP contribution in [0.2, 0.25) is 0 Å². The Bertz CT molecular complexity index is 745. The zero-order valence-corrected chi connectivity index (χ0v) is 16.9. The SMILES string of the molecule is CCn1cc(C(C)NC(=S)NCCc2ccc(OC)c(OC)c2)c(C)n1. The molecule has 0 saturated carbocycles. The molecule has 1 aromatic heterocycles. The summed E-state index contributed by atoms with van der Waals surface area (Å²) in [4.78, 5) is 0. The number of aromatic nitrogens is 2. The van der Waals surface area contributed by atoms with Gasteiger partial charge in [0.2, 0.25) is 0 Å². The number of benzene rings is 1. The second kappa shape index (κ2) is 9.43. The summed E-state index contributed by atoms with van der Waals surface area (Å²) in [6, 6.07) is 6.05. The fourth-order valence-electron chi connectivity index (χ4n) is 2.80. The number of thiocarbonyl (C=S) groups is 1. The van der Waals surface area contributed by atoms with Crippen LogP contribution in [0.25, 0.3) is 0 Å². The highest BCUT2D eigenvalue weighted by Gasteiger charge is 2.13. The summed E-state index contributed by atoms with van der Waals surface area (Å²) in [6.45, 7) is 7.79. The quantitative estimate of drug-likeness (QED) is 0.691. The molecule has 142 valence electrons. The molecule has 0 fully saturated rings. The summed E-state index contributed by atoms with van der Waals surface area (Å²) in [7, 11) is 3.28. The van der Waals surface area contributed by atoms with Crippen LogP contribution in [0.3, 0.4) is 0 Å². The Kier molecular flexibility index (Phi) is 7.26. The zero-order chi connectivity index (χ0) is 19.1. The first-order valence-corrected chi connectivity index (χ1v) is 9.18. The van der Waals surface area contributed by atoms with Gasteiger partial charge >= 0.3 is 0 Å². The molecular weight excluding hydrogens is 348 g/mol. The topological polar surface area (TPSA) is 60.3 Å². The van der Waals surface area contributed by atoms with Crippen molar-refractivity contribution in [3.05, 3.63) is 41.2 Å². The molecule has 1 atom stereocenters. The minimum absolute atomic E-state index is 0.108. The molecule has 6 nitrogen and oxygen atoms in total. The Morgan fingerprint density at radius 3 is 2.62 bits per heavy atom. The molecule has 0 aliphatic carbocycles. The molecule has 0 amide bonds.